The third-order valence-electron chi connectivity index (χ3n) is 4.40. The number of hydrogen-bond donors (Lipinski definition) is 3. The summed E-state index contributed by atoms with van der Waals surface area (Å²) in [5.41, 5.74) is 2.51. The molecule has 0 radical (unpaired) electrons. The van der Waals surface area contributed by atoms with Gasteiger partial charge in [-0.15, -0.1) is 0 Å². The Balaban J connectivity index is 1.79. The number of benzene rings is 2. The van der Waals surface area contributed by atoms with Gasteiger partial charge in [0.15, 0.2) is 0 Å². The first-order valence-electron chi connectivity index (χ1n) is 8.22. The van der Waals surface area contributed by atoms with E-state index in [0.717, 1.165) is 16.9 Å². The van der Waals surface area contributed by atoms with Gasteiger partial charge in [-0.3, -0.25) is 0 Å². The van der Waals surface area contributed by atoms with Gasteiger partial charge in [-0.1, -0.05) is 30.3 Å². The second-order valence-corrected chi connectivity index (χ2v) is 6.09. The Morgan fingerprint density at radius 3 is 2.84 bits per heavy atom. The maximum absolute atomic E-state index is 12.5. The number of carbonyl (C=O) groups is 1. The summed E-state index contributed by atoms with van der Waals surface area (Å²) < 4.78 is 5.39. The molecule has 0 aliphatic carbocycles. The van der Waals surface area contributed by atoms with Gasteiger partial charge in [-0.25, -0.2) is 4.79 Å². The highest BCUT2D eigenvalue weighted by Gasteiger charge is 2.33. The average molecular weight is 342 g/mol. The highest BCUT2D eigenvalue weighted by Crippen LogP contribution is 2.31. The number of amides is 2. The second kappa shape index (κ2) is 7.55. The summed E-state index contributed by atoms with van der Waals surface area (Å²) in [6.45, 7) is 0.0645. The van der Waals surface area contributed by atoms with Crippen molar-refractivity contribution in [3.63, 3.8) is 0 Å². The summed E-state index contributed by atoms with van der Waals surface area (Å²) in [5.74, 6) is 0.758. The molecule has 1 fully saturated rings. The fraction of sp³-hybridized carbons (Fsp3) is 0.316. The van der Waals surface area contributed by atoms with Gasteiger partial charge in [0.05, 0.1) is 25.9 Å². The lowest BCUT2D eigenvalue weighted by Crippen LogP contribution is -2.40. The summed E-state index contributed by atoms with van der Waals surface area (Å²) in [7, 11) is 1.62. The van der Waals surface area contributed by atoms with E-state index in [1.54, 1.807) is 13.2 Å². The van der Waals surface area contributed by atoms with Crippen LogP contribution in [0.3, 0.4) is 0 Å². The van der Waals surface area contributed by atoms with Gasteiger partial charge < -0.3 is 25.2 Å². The molecule has 6 nitrogen and oxygen atoms in total. The largest absolute Gasteiger partial charge is 0.496 e. The van der Waals surface area contributed by atoms with Crippen molar-refractivity contribution < 1.29 is 19.7 Å². The first kappa shape index (κ1) is 17.3. The molecule has 6 heteroatoms. The van der Waals surface area contributed by atoms with Crippen molar-refractivity contribution in [3.05, 3.63) is 48.5 Å². The van der Waals surface area contributed by atoms with Crippen LogP contribution in [-0.2, 0) is 0 Å². The monoisotopic (exact) mass is 342 g/mol. The number of anilines is 1. The molecule has 25 heavy (non-hydrogen) atoms. The molecule has 0 saturated carbocycles. The minimum Gasteiger partial charge on any atom is -0.496 e. The fourth-order valence-corrected chi connectivity index (χ4v) is 3.16. The number of β-amino-alcohol motifs (C(OH)–C–C–N with tert-alkyl or cyclic N) is 1. The number of nitrogens with zero attached hydrogens (tertiary/aromatic N) is 1. The number of aliphatic hydroxyl groups is 2. The highest BCUT2D eigenvalue weighted by atomic mass is 16.5. The van der Waals surface area contributed by atoms with Crippen molar-refractivity contribution in [1.82, 2.24) is 4.90 Å². The Labute approximate surface area is 146 Å². The van der Waals surface area contributed by atoms with Gasteiger partial charge in [-0.05, 0) is 30.2 Å². The summed E-state index contributed by atoms with van der Waals surface area (Å²) in [5, 5.41) is 21.9. The van der Waals surface area contributed by atoms with Crippen LogP contribution in [0.4, 0.5) is 10.5 Å². The Bertz CT molecular complexity index is 750. The van der Waals surface area contributed by atoms with E-state index in [1.165, 1.54) is 4.90 Å². The summed E-state index contributed by atoms with van der Waals surface area (Å²) >= 11 is 0. The van der Waals surface area contributed by atoms with Gasteiger partial charge in [-0.2, -0.15) is 0 Å². The quantitative estimate of drug-likeness (QED) is 0.796. The van der Waals surface area contributed by atoms with Crippen LogP contribution in [-0.4, -0.2) is 53.6 Å². The molecule has 0 aromatic heterocycles. The standard InChI is InChI=1S/C19H22N2O4/c1-25-18-8-3-2-7-17(18)13-5-4-6-14(9-13)20-19(24)21-11-16(23)10-15(21)12-22/h2-9,15-16,22-23H,10-12H2,1H3,(H,20,24)/t15-,16-/m0/s1. The molecule has 2 amide bonds. The van der Waals surface area contributed by atoms with Crippen LogP contribution in [0.2, 0.25) is 0 Å². The highest BCUT2D eigenvalue weighted by molar-refractivity contribution is 5.91. The Hall–Kier alpha value is -2.57. The van der Waals surface area contributed by atoms with E-state index in [-0.39, 0.29) is 25.2 Å². The lowest BCUT2D eigenvalue weighted by molar-refractivity contribution is 0.164. The Morgan fingerprint density at radius 2 is 2.08 bits per heavy atom. The van der Waals surface area contributed by atoms with E-state index in [1.807, 2.05) is 42.5 Å². The minimum atomic E-state index is -0.595. The average Bonchev–Trinajstić information content (AvgIpc) is 3.03. The van der Waals surface area contributed by atoms with Crippen molar-refractivity contribution in [2.45, 2.75) is 18.6 Å². The first-order chi connectivity index (χ1) is 12.1. The fourth-order valence-electron chi connectivity index (χ4n) is 3.16. The van der Waals surface area contributed by atoms with Crippen LogP contribution in [0, 0.1) is 0 Å². The number of ether oxygens (including phenoxy) is 1. The Kier molecular flexibility index (Phi) is 5.21. The zero-order valence-electron chi connectivity index (χ0n) is 14.1. The maximum Gasteiger partial charge on any atom is 0.322 e. The van der Waals surface area contributed by atoms with Crippen LogP contribution < -0.4 is 10.1 Å². The minimum absolute atomic E-state index is 0.161. The summed E-state index contributed by atoms with van der Waals surface area (Å²) in [4.78, 5) is 13.9. The summed E-state index contributed by atoms with van der Waals surface area (Å²) in [6.07, 6.45) is -0.201. The SMILES string of the molecule is COc1ccccc1-c1cccc(NC(=O)N2C[C@@H](O)C[C@H]2CO)c1. The molecule has 1 heterocycles. The summed E-state index contributed by atoms with van der Waals surface area (Å²) in [6, 6.07) is 14.5. The number of para-hydroxylation sites is 1. The number of rotatable bonds is 4. The third kappa shape index (κ3) is 3.75. The smallest absolute Gasteiger partial charge is 0.322 e. The molecular weight excluding hydrogens is 320 g/mol. The molecule has 1 aliphatic heterocycles. The topological polar surface area (TPSA) is 82.0 Å². The number of aliphatic hydroxyl groups excluding tert-OH is 2. The van der Waals surface area contributed by atoms with E-state index in [4.69, 9.17) is 4.74 Å². The van der Waals surface area contributed by atoms with Crippen LogP contribution in [0.15, 0.2) is 48.5 Å². The molecule has 2 aromatic carbocycles. The molecule has 1 saturated heterocycles. The maximum atomic E-state index is 12.5. The van der Waals surface area contributed by atoms with Crippen molar-refractivity contribution in [2.24, 2.45) is 0 Å². The van der Waals surface area contributed by atoms with E-state index in [2.05, 4.69) is 5.32 Å². The molecule has 0 spiro atoms. The normalized spacial score (nSPS) is 19.7. The molecule has 0 unspecified atom stereocenters. The first-order valence-corrected chi connectivity index (χ1v) is 8.22. The number of nitrogens with one attached hydrogen (secondary N) is 1. The van der Waals surface area contributed by atoms with Crippen LogP contribution in [0.25, 0.3) is 11.1 Å². The van der Waals surface area contributed by atoms with Gasteiger partial charge in [0, 0.05) is 17.8 Å². The number of urea groups is 1. The van der Waals surface area contributed by atoms with Crippen LogP contribution in [0.5, 0.6) is 5.75 Å². The third-order valence-corrected chi connectivity index (χ3v) is 4.40. The zero-order chi connectivity index (χ0) is 17.8. The van der Waals surface area contributed by atoms with Gasteiger partial charge >= 0.3 is 6.03 Å². The zero-order valence-corrected chi connectivity index (χ0v) is 14.1. The predicted octanol–water partition coefficient (Wildman–Crippen LogP) is 2.32. The van der Waals surface area contributed by atoms with E-state index < -0.39 is 6.10 Å². The van der Waals surface area contributed by atoms with Crippen LogP contribution in [0.1, 0.15) is 6.42 Å². The molecule has 3 rings (SSSR count). The Morgan fingerprint density at radius 1 is 1.28 bits per heavy atom. The molecule has 2 atom stereocenters. The van der Waals surface area contributed by atoms with E-state index in [0.29, 0.717) is 12.1 Å². The second-order valence-electron chi connectivity index (χ2n) is 6.09. The molecule has 2 aromatic rings. The van der Waals surface area contributed by atoms with Gasteiger partial charge in [0.2, 0.25) is 0 Å². The van der Waals surface area contributed by atoms with Gasteiger partial charge in [0.1, 0.15) is 5.75 Å². The van der Waals surface area contributed by atoms with E-state index in [9.17, 15) is 15.0 Å². The van der Waals surface area contributed by atoms with Crippen molar-refractivity contribution >= 4 is 11.7 Å². The molecular formula is C19H22N2O4. The lowest BCUT2D eigenvalue weighted by Gasteiger charge is -2.23. The molecule has 1 aliphatic rings. The van der Waals surface area contributed by atoms with E-state index >= 15 is 0 Å². The molecule has 132 valence electrons. The molecule has 0 bridgehead atoms. The number of methoxy groups -OCH3 is 1. The predicted molar refractivity (Wildman–Crippen MR) is 95.7 cm³/mol. The van der Waals surface area contributed by atoms with Gasteiger partial charge in [0.25, 0.3) is 0 Å². The number of likely N-dealkylation sites (tertiary alicyclic amines) is 1. The number of carbonyl (C=O) groups excluding carboxylic acids is 1. The van der Waals surface area contributed by atoms with Crippen molar-refractivity contribution in [3.8, 4) is 16.9 Å². The van der Waals surface area contributed by atoms with Crippen LogP contribution >= 0.6 is 0 Å². The molecule has 3 N–H and O–H groups in total. The number of hydrogen-bond acceptors (Lipinski definition) is 4. The van der Waals surface area contributed by atoms with Crippen molar-refractivity contribution in [2.75, 3.05) is 25.6 Å². The lowest BCUT2D eigenvalue weighted by atomic mass is 10.0. The van der Waals surface area contributed by atoms with Crippen molar-refractivity contribution in [1.29, 1.82) is 0 Å².